The van der Waals surface area contributed by atoms with Crippen molar-refractivity contribution in [3.05, 3.63) is 0 Å². The highest BCUT2D eigenvalue weighted by Gasteiger charge is 2.34. The third kappa shape index (κ3) is 2.96. The number of aliphatic hydroxyl groups is 1. The van der Waals surface area contributed by atoms with E-state index in [9.17, 15) is 5.11 Å². The number of hydrogen-bond acceptors (Lipinski definition) is 3. The van der Waals surface area contributed by atoms with Gasteiger partial charge < -0.3 is 15.7 Å². The molecule has 2 aliphatic rings. The second kappa shape index (κ2) is 5.48. The summed E-state index contributed by atoms with van der Waals surface area (Å²) in [5.74, 6) is 0. The summed E-state index contributed by atoms with van der Waals surface area (Å²) in [6.45, 7) is 2.97. The fraction of sp³-hybridized carbons (Fsp3) is 1.00. The minimum absolute atomic E-state index is 0.430. The monoisotopic (exact) mass is 226 g/mol. The van der Waals surface area contributed by atoms with E-state index in [1.165, 1.54) is 38.8 Å². The number of nitrogens with two attached hydrogens (primary N) is 1. The van der Waals surface area contributed by atoms with E-state index in [0.717, 1.165) is 25.7 Å². The van der Waals surface area contributed by atoms with Gasteiger partial charge in [-0.05, 0) is 51.6 Å². The average Bonchev–Trinajstić information content (AvgIpc) is 2.59. The smallest absolute Gasteiger partial charge is 0.0770 e. The fourth-order valence-electron chi connectivity index (χ4n) is 3.17. The van der Waals surface area contributed by atoms with E-state index in [0.29, 0.717) is 12.6 Å². The quantitative estimate of drug-likeness (QED) is 0.750. The van der Waals surface area contributed by atoms with Gasteiger partial charge in [0.1, 0.15) is 0 Å². The zero-order chi connectivity index (χ0) is 11.4. The molecule has 2 rings (SSSR count). The number of likely N-dealkylation sites (tertiary alicyclic amines) is 1. The van der Waals surface area contributed by atoms with Crippen molar-refractivity contribution in [2.75, 3.05) is 19.6 Å². The summed E-state index contributed by atoms with van der Waals surface area (Å²) in [6.07, 6.45) is 9.57. The molecule has 3 N–H and O–H groups in total. The van der Waals surface area contributed by atoms with E-state index in [4.69, 9.17) is 5.73 Å². The Bertz CT molecular complexity index is 204. The zero-order valence-electron chi connectivity index (χ0n) is 10.3. The molecule has 0 aromatic heterocycles. The lowest BCUT2D eigenvalue weighted by Gasteiger charge is -2.40. The third-order valence-electron chi connectivity index (χ3n) is 4.42. The largest absolute Gasteiger partial charge is 0.389 e. The standard InChI is InChI=1S/C13H26N2O/c14-11-13(16)7-5-12(6-8-13)15-9-3-1-2-4-10-15/h12,16H,1-11,14H2. The van der Waals surface area contributed by atoms with Crippen molar-refractivity contribution in [2.45, 2.75) is 63.0 Å². The van der Waals surface area contributed by atoms with Crippen molar-refractivity contribution in [3.8, 4) is 0 Å². The Hall–Kier alpha value is -0.120. The van der Waals surface area contributed by atoms with Crippen LogP contribution in [0.15, 0.2) is 0 Å². The number of rotatable bonds is 2. The minimum Gasteiger partial charge on any atom is -0.389 e. The lowest BCUT2D eigenvalue weighted by Crippen LogP contribution is -2.47. The molecule has 16 heavy (non-hydrogen) atoms. The minimum atomic E-state index is -0.553. The summed E-state index contributed by atoms with van der Waals surface area (Å²) < 4.78 is 0. The molecule has 1 heterocycles. The van der Waals surface area contributed by atoms with Crippen LogP contribution in [0, 0.1) is 0 Å². The second-order valence-corrected chi connectivity index (χ2v) is 5.61. The van der Waals surface area contributed by atoms with Crippen LogP contribution in [0.1, 0.15) is 51.4 Å². The highest BCUT2D eigenvalue weighted by Crippen LogP contribution is 2.31. The first-order valence-electron chi connectivity index (χ1n) is 6.90. The van der Waals surface area contributed by atoms with E-state index in [1.54, 1.807) is 0 Å². The van der Waals surface area contributed by atoms with Crippen LogP contribution in [0.4, 0.5) is 0 Å². The third-order valence-corrected chi connectivity index (χ3v) is 4.42. The molecular formula is C13H26N2O. The molecule has 0 aromatic rings. The Balaban J connectivity index is 1.83. The molecule has 0 atom stereocenters. The van der Waals surface area contributed by atoms with E-state index in [2.05, 4.69) is 4.90 Å². The SMILES string of the molecule is NCC1(O)CCC(N2CCCCCC2)CC1. The molecule has 0 aromatic carbocycles. The van der Waals surface area contributed by atoms with E-state index in [-0.39, 0.29) is 0 Å². The van der Waals surface area contributed by atoms with Crippen molar-refractivity contribution in [2.24, 2.45) is 5.73 Å². The predicted molar refractivity (Wildman–Crippen MR) is 66.3 cm³/mol. The first-order valence-corrected chi connectivity index (χ1v) is 6.90. The van der Waals surface area contributed by atoms with Crippen LogP contribution in [-0.4, -0.2) is 41.3 Å². The maximum absolute atomic E-state index is 10.1. The van der Waals surface area contributed by atoms with Crippen LogP contribution in [0.2, 0.25) is 0 Å². The Kier molecular flexibility index (Phi) is 4.22. The van der Waals surface area contributed by atoms with Crippen LogP contribution in [0.5, 0.6) is 0 Å². The summed E-state index contributed by atoms with van der Waals surface area (Å²) in [4.78, 5) is 2.66. The van der Waals surface area contributed by atoms with Crippen LogP contribution in [-0.2, 0) is 0 Å². The molecule has 1 aliphatic heterocycles. The molecule has 0 radical (unpaired) electrons. The predicted octanol–water partition coefficient (Wildman–Crippen LogP) is 1.49. The molecule has 0 amide bonds. The fourth-order valence-corrected chi connectivity index (χ4v) is 3.17. The van der Waals surface area contributed by atoms with Gasteiger partial charge in [0, 0.05) is 12.6 Å². The normalized spacial score (nSPS) is 38.2. The number of hydrogen-bond donors (Lipinski definition) is 2. The molecule has 1 aliphatic carbocycles. The molecule has 1 saturated heterocycles. The summed E-state index contributed by atoms with van der Waals surface area (Å²) in [5, 5.41) is 10.1. The molecule has 2 fully saturated rings. The summed E-state index contributed by atoms with van der Waals surface area (Å²) in [7, 11) is 0. The van der Waals surface area contributed by atoms with Crippen molar-refractivity contribution in [1.29, 1.82) is 0 Å². The lowest BCUT2D eigenvalue weighted by atomic mass is 9.81. The highest BCUT2D eigenvalue weighted by atomic mass is 16.3. The zero-order valence-corrected chi connectivity index (χ0v) is 10.3. The molecule has 0 unspecified atom stereocenters. The van der Waals surface area contributed by atoms with Gasteiger partial charge in [-0.1, -0.05) is 12.8 Å². The maximum atomic E-state index is 10.1. The highest BCUT2D eigenvalue weighted by molar-refractivity contribution is 4.90. The van der Waals surface area contributed by atoms with Gasteiger partial charge >= 0.3 is 0 Å². The van der Waals surface area contributed by atoms with Crippen molar-refractivity contribution >= 4 is 0 Å². The van der Waals surface area contributed by atoms with Crippen molar-refractivity contribution in [1.82, 2.24) is 4.90 Å². The number of nitrogens with zero attached hydrogens (tertiary/aromatic N) is 1. The second-order valence-electron chi connectivity index (χ2n) is 5.61. The van der Waals surface area contributed by atoms with Crippen LogP contribution >= 0.6 is 0 Å². The van der Waals surface area contributed by atoms with E-state index >= 15 is 0 Å². The molecule has 94 valence electrons. The van der Waals surface area contributed by atoms with Gasteiger partial charge in [-0.25, -0.2) is 0 Å². The first-order chi connectivity index (χ1) is 7.73. The average molecular weight is 226 g/mol. The Labute approximate surface area is 99.0 Å². The Morgan fingerprint density at radius 3 is 2.12 bits per heavy atom. The molecule has 3 nitrogen and oxygen atoms in total. The summed E-state index contributed by atoms with van der Waals surface area (Å²) >= 11 is 0. The van der Waals surface area contributed by atoms with Crippen LogP contribution in [0.3, 0.4) is 0 Å². The van der Waals surface area contributed by atoms with Crippen LogP contribution in [0.25, 0.3) is 0 Å². The molecule has 3 heteroatoms. The van der Waals surface area contributed by atoms with Crippen LogP contribution < -0.4 is 5.73 Å². The molecule has 1 saturated carbocycles. The van der Waals surface area contributed by atoms with Gasteiger partial charge in [-0.2, -0.15) is 0 Å². The van der Waals surface area contributed by atoms with Gasteiger partial charge in [0.15, 0.2) is 0 Å². The maximum Gasteiger partial charge on any atom is 0.0770 e. The van der Waals surface area contributed by atoms with Gasteiger partial charge in [0.2, 0.25) is 0 Å². The molecular weight excluding hydrogens is 200 g/mol. The van der Waals surface area contributed by atoms with Crippen molar-refractivity contribution < 1.29 is 5.11 Å². The van der Waals surface area contributed by atoms with Gasteiger partial charge in [-0.3, -0.25) is 0 Å². The van der Waals surface area contributed by atoms with Gasteiger partial charge in [-0.15, -0.1) is 0 Å². The molecule has 0 spiro atoms. The summed E-state index contributed by atoms with van der Waals surface area (Å²) in [6, 6.07) is 0.713. The van der Waals surface area contributed by atoms with Crippen molar-refractivity contribution in [3.63, 3.8) is 0 Å². The van der Waals surface area contributed by atoms with Gasteiger partial charge in [0.25, 0.3) is 0 Å². The molecule has 0 bridgehead atoms. The Morgan fingerprint density at radius 1 is 1.06 bits per heavy atom. The summed E-state index contributed by atoms with van der Waals surface area (Å²) in [5.41, 5.74) is 5.07. The Morgan fingerprint density at radius 2 is 1.62 bits per heavy atom. The van der Waals surface area contributed by atoms with E-state index < -0.39 is 5.60 Å². The van der Waals surface area contributed by atoms with E-state index in [1.807, 2.05) is 0 Å². The van der Waals surface area contributed by atoms with Gasteiger partial charge in [0.05, 0.1) is 5.60 Å². The topological polar surface area (TPSA) is 49.5 Å². The lowest BCUT2D eigenvalue weighted by molar-refractivity contribution is -0.0126. The first kappa shape index (κ1) is 12.3.